The molecule has 0 spiro atoms. The number of carbonyl (C=O) groups excluding carboxylic acids is 1. The fourth-order valence-electron chi connectivity index (χ4n) is 3.80. The van der Waals surface area contributed by atoms with E-state index in [1.54, 1.807) is 4.57 Å². The van der Waals surface area contributed by atoms with E-state index in [1.165, 1.54) is 11.8 Å². The number of benzene rings is 1. The van der Waals surface area contributed by atoms with Gasteiger partial charge < -0.3 is 9.64 Å². The second-order valence-electron chi connectivity index (χ2n) is 7.90. The van der Waals surface area contributed by atoms with E-state index < -0.39 is 0 Å². The average Bonchev–Trinajstić information content (AvgIpc) is 3.14. The molecule has 1 fully saturated rings. The van der Waals surface area contributed by atoms with Crippen LogP contribution in [0.4, 0.5) is 0 Å². The summed E-state index contributed by atoms with van der Waals surface area (Å²) in [6.45, 7) is 8.28. The van der Waals surface area contributed by atoms with Crippen molar-refractivity contribution in [2.75, 3.05) is 25.4 Å². The zero-order valence-corrected chi connectivity index (χ0v) is 19.0. The van der Waals surface area contributed by atoms with Gasteiger partial charge in [0.15, 0.2) is 10.8 Å². The maximum atomic E-state index is 12.8. The quantitative estimate of drug-likeness (QED) is 0.453. The molecule has 1 aliphatic heterocycles. The molecule has 4 rings (SSSR count). The molecule has 9 heteroatoms. The van der Waals surface area contributed by atoms with Gasteiger partial charge in [-0.15, -0.1) is 0 Å². The monoisotopic (exact) mass is 440 g/mol. The third-order valence-electron chi connectivity index (χ3n) is 5.65. The van der Waals surface area contributed by atoms with E-state index in [0.717, 1.165) is 43.1 Å². The minimum atomic E-state index is 0.113. The summed E-state index contributed by atoms with van der Waals surface area (Å²) in [5.74, 6) is 1.85. The third kappa shape index (κ3) is 4.46. The first-order chi connectivity index (χ1) is 15.0. The zero-order valence-electron chi connectivity index (χ0n) is 18.1. The molecule has 0 bridgehead atoms. The van der Waals surface area contributed by atoms with Crippen LogP contribution in [-0.4, -0.2) is 56.0 Å². The number of hydrogen-bond acceptors (Lipinski definition) is 6. The molecule has 3 heterocycles. The highest BCUT2D eigenvalue weighted by Crippen LogP contribution is 2.24. The van der Waals surface area contributed by atoms with Crippen LogP contribution in [0, 0.1) is 18.3 Å². The number of H-pyrrole nitrogens is 1. The van der Waals surface area contributed by atoms with Gasteiger partial charge in [-0.2, -0.15) is 5.10 Å². The van der Waals surface area contributed by atoms with Gasteiger partial charge in [0.2, 0.25) is 5.91 Å². The molecular formula is C22H28N6O2S. The highest BCUT2D eigenvalue weighted by molar-refractivity contribution is 7.99. The standard InChI is InChI=1S/C22H28N6O2S/c1-4-30-17-7-5-16(6-8-17)28-20(23)19-15(3)25-26-21(19)24-22(28)31-13-18(29)27-11-9-14(2)10-12-27/h5-8,14,23H,4,9-13H2,1-3H3,(H,25,26). The largest absolute Gasteiger partial charge is 0.494 e. The minimum Gasteiger partial charge on any atom is -0.494 e. The van der Waals surface area contributed by atoms with Crippen molar-refractivity contribution >= 4 is 28.7 Å². The van der Waals surface area contributed by atoms with E-state index in [4.69, 9.17) is 10.1 Å². The molecule has 164 valence electrons. The van der Waals surface area contributed by atoms with Crippen molar-refractivity contribution in [2.24, 2.45) is 5.92 Å². The van der Waals surface area contributed by atoms with Gasteiger partial charge in [0.1, 0.15) is 11.2 Å². The van der Waals surface area contributed by atoms with Gasteiger partial charge in [0.05, 0.1) is 17.7 Å². The Hall–Kier alpha value is -2.81. The Kier molecular flexibility index (Phi) is 6.31. The maximum absolute atomic E-state index is 12.8. The van der Waals surface area contributed by atoms with Crippen LogP contribution >= 0.6 is 11.8 Å². The minimum absolute atomic E-state index is 0.113. The Labute approximate surface area is 185 Å². The van der Waals surface area contributed by atoms with Crippen LogP contribution in [0.15, 0.2) is 29.4 Å². The second kappa shape index (κ2) is 9.13. The summed E-state index contributed by atoms with van der Waals surface area (Å²) in [6, 6.07) is 7.58. The van der Waals surface area contributed by atoms with Gasteiger partial charge in [0.25, 0.3) is 0 Å². The molecule has 0 atom stereocenters. The molecule has 1 aromatic carbocycles. The van der Waals surface area contributed by atoms with Crippen LogP contribution < -0.4 is 10.2 Å². The summed E-state index contributed by atoms with van der Waals surface area (Å²) >= 11 is 1.35. The number of carbonyl (C=O) groups is 1. The fraction of sp³-hybridized carbons (Fsp3) is 0.455. The highest BCUT2D eigenvalue weighted by Gasteiger charge is 2.22. The van der Waals surface area contributed by atoms with E-state index in [0.29, 0.717) is 34.2 Å². The number of ether oxygens (including phenoxy) is 1. The van der Waals surface area contributed by atoms with Crippen LogP contribution in [0.5, 0.6) is 5.75 Å². The molecule has 0 unspecified atom stereocenters. The predicted octanol–water partition coefficient (Wildman–Crippen LogP) is 3.29. The van der Waals surface area contributed by atoms with Gasteiger partial charge in [-0.1, -0.05) is 18.7 Å². The first-order valence-electron chi connectivity index (χ1n) is 10.6. The Morgan fingerprint density at radius 2 is 2.00 bits per heavy atom. The Bertz CT molecular complexity index is 1130. The molecule has 0 aliphatic carbocycles. The Morgan fingerprint density at radius 1 is 1.29 bits per heavy atom. The molecule has 8 nitrogen and oxygen atoms in total. The molecule has 3 aromatic rings. The molecule has 1 aliphatic rings. The summed E-state index contributed by atoms with van der Waals surface area (Å²) in [5, 5.41) is 17.2. The summed E-state index contributed by atoms with van der Waals surface area (Å²) < 4.78 is 7.32. The molecule has 0 saturated carbocycles. The van der Waals surface area contributed by atoms with Gasteiger partial charge in [-0.05, 0) is 56.9 Å². The van der Waals surface area contributed by atoms with Crippen molar-refractivity contribution in [1.29, 1.82) is 5.41 Å². The van der Waals surface area contributed by atoms with E-state index in [2.05, 4.69) is 22.1 Å². The van der Waals surface area contributed by atoms with Gasteiger partial charge in [-0.3, -0.25) is 19.9 Å². The van der Waals surface area contributed by atoms with E-state index >= 15 is 0 Å². The van der Waals surface area contributed by atoms with Crippen molar-refractivity contribution in [3.05, 3.63) is 35.4 Å². The number of nitrogens with zero attached hydrogens (tertiary/aromatic N) is 4. The number of piperidine rings is 1. The second-order valence-corrected chi connectivity index (χ2v) is 8.85. The molecular weight excluding hydrogens is 412 g/mol. The normalized spacial score (nSPS) is 14.9. The van der Waals surface area contributed by atoms with Crippen molar-refractivity contribution in [3.8, 4) is 11.4 Å². The summed E-state index contributed by atoms with van der Waals surface area (Å²) in [7, 11) is 0. The van der Waals surface area contributed by atoms with Crippen molar-refractivity contribution in [2.45, 2.75) is 38.8 Å². The lowest BCUT2D eigenvalue weighted by Crippen LogP contribution is -2.39. The molecule has 1 saturated heterocycles. The zero-order chi connectivity index (χ0) is 22.0. The molecule has 31 heavy (non-hydrogen) atoms. The van der Waals surface area contributed by atoms with Crippen LogP contribution in [0.2, 0.25) is 0 Å². The first-order valence-corrected chi connectivity index (χ1v) is 11.6. The lowest BCUT2D eigenvalue weighted by Gasteiger charge is -2.30. The summed E-state index contributed by atoms with van der Waals surface area (Å²) in [5.41, 5.74) is 2.38. The molecule has 1 amide bonds. The Balaban J connectivity index is 1.66. The first kappa shape index (κ1) is 21.4. The van der Waals surface area contributed by atoms with Crippen molar-refractivity contribution < 1.29 is 9.53 Å². The predicted molar refractivity (Wildman–Crippen MR) is 121 cm³/mol. The molecule has 0 radical (unpaired) electrons. The number of aromatic nitrogens is 4. The topological polar surface area (TPSA) is 99.9 Å². The Morgan fingerprint density at radius 3 is 2.68 bits per heavy atom. The number of fused-ring (bicyclic) bond motifs is 1. The highest BCUT2D eigenvalue weighted by atomic mass is 32.2. The van der Waals surface area contributed by atoms with E-state index in [9.17, 15) is 4.79 Å². The average molecular weight is 441 g/mol. The van der Waals surface area contributed by atoms with Crippen molar-refractivity contribution in [1.82, 2.24) is 24.6 Å². The number of hydrogen-bond donors (Lipinski definition) is 2. The smallest absolute Gasteiger partial charge is 0.233 e. The van der Waals surface area contributed by atoms with Crippen LogP contribution in [0.25, 0.3) is 16.7 Å². The maximum Gasteiger partial charge on any atom is 0.233 e. The number of aromatic amines is 1. The van der Waals surface area contributed by atoms with Crippen LogP contribution in [-0.2, 0) is 4.79 Å². The molecule has 2 aromatic heterocycles. The van der Waals surface area contributed by atoms with Crippen LogP contribution in [0.3, 0.4) is 0 Å². The van der Waals surface area contributed by atoms with Gasteiger partial charge >= 0.3 is 0 Å². The SMILES string of the molecule is CCOc1ccc(-n2c(SCC(=O)N3CCC(C)CC3)nc3n[nH]c(C)c3c2=N)cc1. The number of thioether (sulfide) groups is 1. The van der Waals surface area contributed by atoms with Crippen LogP contribution in [0.1, 0.15) is 32.4 Å². The number of rotatable bonds is 6. The third-order valence-corrected chi connectivity index (χ3v) is 6.57. The summed E-state index contributed by atoms with van der Waals surface area (Å²) in [6.07, 6.45) is 2.10. The lowest BCUT2D eigenvalue weighted by atomic mass is 9.99. The van der Waals surface area contributed by atoms with Crippen molar-refractivity contribution in [3.63, 3.8) is 0 Å². The lowest BCUT2D eigenvalue weighted by molar-refractivity contribution is -0.129. The summed E-state index contributed by atoms with van der Waals surface area (Å²) in [4.78, 5) is 19.4. The fourth-order valence-corrected chi connectivity index (χ4v) is 4.71. The van der Waals surface area contributed by atoms with Gasteiger partial charge in [0, 0.05) is 24.5 Å². The van der Waals surface area contributed by atoms with E-state index in [-0.39, 0.29) is 11.7 Å². The van der Waals surface area contributed by atoms with E-state index in [1.807, 2.05) is 43.0 Å². The number of nitrogens with one attached hydrogen (secondary N) is 2. The molecule has 2 N–H and O–H groups in total. The number of amides is 1. The van der Waals surface area contributed by atoms with Gasteiger partial charge in [-0.25, -0.2) is 4.98 Å². The number of aryl methyl sites for hydroxylation is 1. The number of likely N-dealkylation sites (tertiary alicyclic amines) is 1.